The number of nitrogens with zero attached hydrogens (tertiary/aromatic N) is 5. The van der Waals surface area contributed by atoms with Crippen molar-refractivity contribution in [2.45, 2.75) is 33.4 Å². The molecule has 1 aliphatic heterocycles. The zero-order valence-electron chi connectivity index (χ0n) is 19.5. The Hall–Kier alpha value is -2.59. The van der Waals surface area contributed by atoms with Crippen molar-refractivity contribution < 1.29 is 14.0 Å². The zero-order chi connectivity index (χ0) is 25.2. The molecule has 0 atom stereocenters. The van der Waals surface area contributed by atoms with E-state index in [1.54, 1.807) is 26.6 Å². The van der Waals surface area contributed by atoms with Gasteiger partial charge in [-0.25, -0.2) is 9.07 Å². The maximum Gasteiger partial charge on any atom is 0.242 e. The van der Waals surface area contributed by atoms with Crippen LogP contribution >= 0.6 is 31.9 Å². The maximum absolute atomic E-state index is 13.9. The zero-order valence-corrected chi connectivity index (χ0v) is 22.7. The second-order valence-electron chi connectivity index (χ2n) is 9.35. The van der Waals surface area contributed by atoms with Gasteiger partial charge in [-0.1, -0.05) is 59.3 Å². The Labute approximate surface area is 220 Å². The Morgan fingerprint density at radius 1 is 1.09 bits per heavy atom. The summed E-state index contributed by atoms with van der Waals surface area (Å²) in [5, 5.41) is 8.40. The van der Waals surface area contributed by atoms with E-state index in [2.05, 4.69) is 42.2 Å². The molecule has 0 spiro atoms. The smallest absolute Gasteiger partial charge is 0.242 e. The summed E-state index contributed by atoms with van der Waals surface area (Å²) >= 11 is 6.69. The molecule has 3 aromatic rings. The van der Waals surface area contributed by atoms with Crippen molar-refractivity contribution in [1.82, 2.24) is 24.8 Å². The van der Waals surface area contributed by atoms with Crippen LogP contribution in [0.5, 0.6) is 0 Å². The Morgan fingerprint density at radius 2 is 1.86 bits per heavy atom. The van der Waals surface area contributed by atoms with E-state index in [1.807, 2.05) is 44.3 Å². The largest absolute Gasteiger partial charge is 0.333 e. The lowest BCUT2D eigenvalue weighted by atomic mass is 9.84. The molecule has 0 N–H and O–H groups in total. The third kappa shape index (κ3) is 6.16. The minimum atomic E-state index is -0.767. The van der Waals surface area contributed by atoms with Gasteiger partial charge in [-0.15, -0.1) is 5.10 Å². The second kappa shape index (κ2) is 10.6. The monoisotopic (exact) mass is 605 g/mol. The average Bonchev–Trinajstić information content (AvgIpc) is 3.25. The third-order valence-corrected chi connectivity index (χ3v) is 7.46. The molecule has 1 aromatic heterocycles. The fourth-order valence-electron chi connectivity index (χ4n) is 4.20. The van der Waals surface area contributed by atoms with Crippen molar-refractivity contribution in [1.29, 1.82) is 0 Å². The molecule has 184 valence electrons. The predicted octanol–water partition coefficient (Wildman–Crippen LogP) is 4.43. The fraction of sp³-hybridized carbons (Fsp3) is 0.360. The van der Waals surface area contributed by atoms with Crippen LogP contribution in [0.15, 0.2) is 57.6 Å². The highest BCUT2D eigenvalue weighted by molar-refractivity contribution is 9.10. The lowest BCUT2D eigenvalue weighted by Crippen LogP contribution is -2.54. The van der Waals surface area contributed by atoms with E-state index < -0.39 is 5.41 Å². The summed E-state index contributed by atoms with van der Waals surface area (Å²) in [7, 11) is 0. The molecule has 0 saturated carbocycles. The summed E-state index contributed by atoms with van der Waals surface area (Å²) in [4.78, 5) is 29.4. The van der Waals surface area contributed by atoms with Crippen LogP contribution in [0.25, 0.3) is 0 Å². The van der Waals surface area contributed by atoms with Gasteiger partial charge >= 0.3 is 0 Å². The average molecular weight is 607 g/mol. The maximum atomic E-state index is 13.9. The van der Waals surface area contributed by atoms with Crippen molar-refractivity contribution in [3.05, 3.63) is 80.2 Å². The van der Waals surface area contributed by atoms with Crippen LogP contribution in [0, 0.1) is 11.2 Å². The van der Waals surface area contributed by atoms with E-state index in [9.17, 15) is 14.0 Å². The van der Waals surface area contributed by atoms with Gasteiger partial charge < -0.3 is 9.80 Å². The van der Waals surface area contributed by atoms with Gasteiger partial charge in [0, 0.05) is 23.0 Å². The van der Waals surface area contributed by atoms with E-state index in [1.165, 1.54) is 6.07 Å². The summed E-state index contributed by atoms with van der Waals surface area (Å²) in [6.45, 7) is 5.45. The van der Waals surface area contributed by atoms with Gasteiger partial charge in [0.25, 0.3) is 0 Å². The van der Waals surface area contributed by atoms with E-state index >= 15 is 0 Å². The van der Waals surface area contributed by atoms with Gasteiger partial charge in [-0.3, -0.25) is 9.59 Å². The molecule has 35 heavy (non-hydrogen) atoms. The van der Waals surface area contributed by atoms with Crippen LogP contribution in [0.3, 0.4) is 0 Å². The van der Waals surface area contributed by atoms with Gasteiger partial charge in [-0.2, -0.15) is 0 Å². The number of piperazine rings is 1. The number of halogens is 3. The number of hydrogen-bond donors (Lipinski definition) is 0. The number of amides is 2. The third-order valence-electron chi connectivity index (χ3n) is 6.04. The van der Waals surface area contributed by atoms with E-state index in [4.69, 9.17) is 0 Å². The first-order valence-electron chi connectivity index (χ1n) is 11.3. The molecule has 7 nitrogen and oxygen atoms in total. The molecule has 0 radical (unpaired) electrons. The first-order valence-corrected chi connectivity index (χ1v) is 12.8. The summed E-state index contributed by atoms with van der Waals surface area (Å²) in [6.07, 6.45) is 2.22. The quantitative estimate of drug-likeness (QED) is 0.399. The summed E-state index contributed by atoms with van der Waals surface area (Å²) in [6, 6.07) is 12.8. The van der Waals surface area contributed by atoms with E-state index in [0.717, 1.165) is 15.6 Å². The number of benzene rings is 2. The highest BCUT2D eigenvalue weighted by atomic mass is 79.9. The molecule has 10 heteroatoms. The van der Waals surface area contributed by atoms with Crippen LogP contribution in [-0.4, -0.2) is 56.2 Å². The molecule has 1 saturated heterocycles. The van der Waals surface area contributed by atoms with Crippen LogP contribution in [0.4, 0.5) is 4.39 Å². The van der Waals surface area contributed by atoms with Crippen molar-refractivity contribution in [2.75, 3.05) is 19.6 Å². The van der Waals surface area contributed by atoms with Gasteiger partial charge in [0.15, 0.2) is 0 Å². The number of rotatable bonds is 7. The first-order chi connectivity index (χ1) is 16.6. The van der Waals surface area contributed by atoms with Crippen LogP contribution in [-0.2, 0) is 29.1 Å². The van der Waals surface area contributed by atoms with Crippen molar-refractivity contribution in [2.24, 2.45) is 5.41 Å². The predicted molar refractivity (Wildman–Crippen MR) is 137 cm³/mol. The van der Waals surface area contributed by atoms with Gasteiger partial charge in [-0.05, 0) is 51.7 Å². The topological polar surface area (TPSA) is 71.3 Å². The molecule has 2 heterocycles. The normalized spacial score (nSPS) is 14.5. The molecular weight excluding hydrogens is 581 g/mol. The van der Waals surface area contributed by atoms with Crippen molar-refractivity contribution in [3.63, 3.8) is 0 Å². The van der Waals surface area contributed by atoms with E-state index in [0.29, 0.717) is 42.8 Å². The minimum Gasteiger partial charge on any atom is -0.333 e. The highest BCUT2D eigenvalue weighted by Gasteiger charge is 2.36. The molecule has 1 aliphatic rings. The van der Waals surface area contributed by atoms with Crippen LogP contribution in [0.2, 0.25) is 0 Å². The molecule has 2 amide bonds. The lowest BCUT2D eigenvalue weighted by Gasteiger charge is -2.38. The molecule has 2 aromatic carbocycles. The molecule has 0 bridgehead atoms. The standard InChI is InChI=1S/C25H26Br2FN5O2/c1-25(2,12-17-7-8-21(27)22(28)11-17)24(35)32-10-9-31(23(34)16-32)14-19-15-33(30-29-19)13-18-5-3-4-6-20(18)26/h3-8,11,15H,9-10,12-14,16H2,1-2H3. The molecular formula is C25H26Br2FN5O2. The molecule has 0 unspecified atom stereocenters. The summed E-state index contributed by atoms with van der Waals surface area (Å²) < 4.78 is 17.0. The highest BCUT2D eigenvalue weighted by Crippen LogP contribution is 2.27. The fourth-order valence-corrected chi connectivity index (χ4v) is 4.85. The SMILES string of the molecule is CC(C)(Cc1ccc(Br)c(F)c1)C(=O)N1CCN(Cc2cn(Cc3ccccc3Br)nn2)C(=O)C1. The molecule has 4 rings (SSSR count). The molecule has 0 aliphatic carbocycles. The number of aromatic nitrogens is 3. The minimum absolute atomic E-state index is 0.0159. The van der Waals surface area contributed by atoms with Gasteiger partial charge in [0.2, 0.25) is 11.8 Å². The Bertz CT molecular complexity index is 1250. The van der Waals surface area contributed by atoms with Gasteiger partial charge in [0.05, 0.1) is 30.3 Å². The number of carbonyl (C=O) groups excluding carboxylic acids is 2. The number of hydrogen-bond acceptors (Lipinski definition) is 4. The Morgan fingerprint density at radius 3 is 2.57 bits per heavy atom. The van der Waals surface area contributed by atoms with Crippen LogP contribution < -0.4 is 0 Å². The second-order valence-corrected chi connectivity index (χ2v) is 11.1. The van der Waals surface area contributed by atoms with Crippen molar-refractivity contribution >= 4 is 43.7 Å². The lowest BCUT2D eigenvalue weighted by molar-refractivity contribution is -0.150. The van der Waals surface area contributed by atoms with Gasteiger partial charge in [0.1, 0.15) is 11.5 Å². The summed E-state index contributed by atoms with van der Waals surface area (Å²) in [5.74, 6) is -0.605. The molecule has 1 fully saturated rings. The summed E-state index contributed by atoms with van der Waals surface area (Å²) in [5.41, 5.74) is 1.75. The van der Waals surface area contributed by atoms with E-state index in [-0.39, 0.29) is 24.2 Å². The number of carbonyl (C=O) groups is 2. The Balaban J connectivity index is 1.34. The van der Waals surface area contributed by atoms with Crippen molar-refractivity contribution in [3.8, 4) is 0 Å². The first kappa shape index (κ1) is 25.5. The van der Waals surface area contributed by atoms with Crippen LogP contribution in [0.1, 0.15) is 30.7 Å². The Kier molecular flexibility index (Phi) is 7.70.